The number of benzene rings is 4. The number of nitro benzene ring substituents is 1. The molecule has 1 aromatic heterocycles. The molecule has 0 saturated carbocycles. The van der Waals surface area contributed by atoms with Gasteiger partial charge < -0.3 is 10.3 Å². The van der Waals surface area contributed by atoms with Crippen molar-refractivity contribution < 1.29 is 4.92 Å². The SMILES string of the molecule is Cc1ccc(Sc2ccc(C3NCC(c4ccccc4Cl)c4c3[nH]c3ccccc43)cc2[N+](=O)[O-])cc1. The average molecular weight is 526 g/mol. The maximum Gasteiger partial charge on any atom is 0.283 e. The first-order chi connectivity index (χ1) is 18.0. The van der Waals surface area contributed by atoms with Gasteiger partial charge in [-0.1, -0.05) is 83.5 Å². The molecule has 0 spiro atoms. The first kappa shape index (κ1) is 23.8. The summed E-state index contributed by atoms with van der Waals surface area (Å²) in [6, 6.07) is 29.6. The minimum Gasteiger partial charge on any atom is -0.357 e. The van der Waals surface area contributed by atoms with Crippen molar-refractivity contribution in [1.29, 1.82) is 0 Å². The summed E-state index contributed by atoms with van der Waals surface area (Å²) in [5.41, 5.74) is 6.43. The zero-order valence-corrected chi connectivity index (χ0v) is 21.6. The third kappa shape index (κ3) is 4.42. The van der Waals surface area contributed by atoms with Crippen molar-refractivity contribution in [2.24, 2.45) is 0 Å². The lowest BCUT2D eigenvalue weighted by atomic mass is 9.83. The predicted octanol–water partition coefficient (Wildman–Crippen LogP) is 8.01. The van der Waals surface area contributed by atoms with Gasteiger partial charge in [-0.15, -0.1) is 0 Å². The lowest BCUT2D eigenvalue weighted by Gasteiger charge is -2.31. The molecule has 0 fully saturated rings. The smallest absolute Gasteiger partial charge is 0.283 e. The van der Waals surface area contributed by atoms with Gasteiger partial charge in [0.2, 0.25) is 0 Å². The van der Waals surface area contributed by atoms with Crippen LogP contribution in [0.5, 0.6) is 0 Å². The third-order valence-corrected chi connectivity index (χ3v) is 8.40. The second-order valence-electron chi connectivity index (χ2n) is 9.31. The molecule has 2 atom stereocenters. The average Bonchev–Trinajstić information content (AvgIpc) is 3.30. The highest BCUT2D eigenvalue weighted by Gasteiger charge is 2.34. The van der Waals surface area contributed by atoms with Gasteiger partial charge in [0, 0.05) is 45.0 Å². The fourth-order valence-corrected chi connectivity index (χ4v) is 6.38. The van der Waals surface area contributed by atoms with Crippen LogP contribution < -0.4 is 5.32 Å². The Labute approximate surface area is 224 Å². The number of aryl methyl sites for hydroxylation is 1. The molecule has 0 amide bonds. The Kier molecular flexibility index (Phi) is 6.24. The minimum atomic E-state index is -0.290. The summed E-state index contributed by atoms with van der Waals surface area (Å²) in [6.07, 6.45) is 0. The van der Waals surface area contributed by atoms with Crippen LogP contribution in [0.3, 0.4) is 0 Å². The number of fused-ring (bicyclic) bond motifs is 3. The number of aromatic nitrogens is 1. The molecule has 5 nitrogen and oxygen atoms in total. The van der Waals surface area contributed by atoms with E-state index in [1.807, 2.05) is 73.7 Å². The van der Waals surface area contributed by atoms with Crippen molar-refractivity contribution in [3.05, 3.63) is 134 Å². The molecule has 37 heavy (non-hydrogen) atoms. The highest BCUT2D eigenvalue weighted by atomic mass is 35.5. The number of nitrogens with zero attached hydrogens (tertiary/aromatic N) is 1. The van der Waals surface area contributed by atoms with Gasteiger partial charge in [0.15, 0.2) is 0 Å². The molecule has 0 radical (unpaired) electrons. The van der Waals surface area contributed by atoms with Gasteiger partial charge in [-0.05, 0) is 53.9 Å². The Morgan fingerprint density at radius 1 is 0.973 bits per heavy atom. The van der Waals surface area contributed by atoms with Crippen LogP contribution in [0, 0.1) is 17.0 Å². The Bertz CT molecular complexity index is 1630. The van der Waals surface area contributed by atoms with E-state index < -0.39 is 0 Å². The number of aromatic amines is 1. The van der Waals surface area contributed by atoms with Gasteiger partial charge >= 0.3 is 0 Å². The van der Waals surface area contributed by atoms with E-state index in [9.17, 15) is 10.1 Å². The summed E-state index contributed by atoms with van der Waals surface area (Å²) >= 11 is 8.04. The summed E-state index contributed by atoms with van der Waals surface area (Å²) in [5.74, 6) is 0.0578. The zero-order chi connectivity index (χ0) is 25.5. The Balaban J connectivity index is 1.44. The Morgan fingerprint density at radius 2 is 1.73 bits per heavy atom. The molecule has 5 aromatic rings. The molecule has 2 unspecified atom stereocenters. The van der Waals surface area contributed by atoms with E-state index in [0.717, 1.165) is 43.2 Å². The number of nitrogens with one attached hydrogen (secondary N) is 2. The van der Waals surface area contributed by atoms with E-state index in [1.54, 1.807) is 6.07 Å². The summed E-state index contributed by atoms with van der Waals surface area (Å²) < 4.78 is 0. The number of hydrogen-bond donors (Lipinski definition) is 2. The number of nitro groups is 1. The predicted molar refractivity (Wildman–Crippen MR) is 150 cm³/mol. The molecule has 1 aliphatic rings. The van der Waals surface area contributed by atoms with Gasteiger partial charge in [0.25, 0.3) is 5.69 Å². The standard InChI is InChI=1S/C30H24ClN3O2S/c1-18-10-13-20(14-11-18)37-27-15-12-19(16-26(27)34(35)36)29-30-28(22-7-3-5-9-25(22)33-30)23(17-32-29)21-6-2-4-8-24(21)31/h2-16,23,29,32-33H,17H2,1H3. The molecule has 2 N–H and O–H groups in total. The molecule has 2 heterocycles. The molecule has 0 saturated heterocycles. The maximum atomic E-state index is 12.1. The number of rotatable bonds is 5. The number of para-hydroxylation sites is 1. The second-order valence-corrected chi connectivity index (χ2v) is 10.8. The van der Waals surface area contributed by atoms with E-state index in [1.165, 1.54) is 17.3 Å². The van der Waals surface area contributed by atoms with Crippen LogP contribution in [0.4, 0.5) is 5.69 Å². The van der Waals surface area contributed by atoms with Crippen molar-refractivity contribution in [3.63, 3.8) is 0 Å². The van der Waals surface area contributed by atoms with Crippen LogP contribution in [0.25, 0.3) is 10.9 Å². The van der Waals surface area contributed by atoms with Gasteiger partial charge in [0.1, 0.15) is 0 Å². The van der Waals surface area contributed by atoms with Crippen molar-refractivity contribution in [3.8, 4) is 0 Å². The number of halogens is 1. The van der Waals surface area contributed by atoms with Crippen molar-refractivity contribution in [2.45, 2.75) is 28.7 Å². The van der Waals surface area contributed by atoms with E-state index in [2.05, 4.69) is 28.5 Å². The molecule has 7 heteroatoms. The van der Waals surface area contributed by atoms with E-state index in [0.29, 0.717) is 11.4 Å². The molecular weight excluding hydrogens is 502 g/mol. The summed E-state index contributed by atoms with van der Waals surface area (Å²) in [7, 11) is 0. The molecular formula is C30H24ClN3O2S. The summed E-state index contributed by atoms with van der Waals surface area (Å²) in [5, 5.41) is 17.6. The fourth-order valence-electron chi connectivity index (χ4n) is 5.21. The Morgan fingerprint density at radius 3 is 2.51 bits per heavy atom. The fraction of sp³-hybridized carbons (Fsp3) is 0.133. The highest BCUT2D eigenvalue weighted by Crippen LogP contribution is 2.44. The van der Waals surface area contributed by atoms with E-state index >= 15 is 0 Å². The lowest BCUT2D eigenvalue weighted by molar-refractivity contribution is -0.387. The topological polar surface area (TPSA) is 71.0 Å². The lowest BCUT2D eigenvalue weighted by Crippen LogP contribution is -2.34. The van der Waals surface area contributed by atoms with Crippen LogP contribution in [0.2, 0.25) is 5.02 Å². The molecule has 184 valence electrons. The maximum absolute atomic E-state index is 12.1. The van der Waals surface area contributed by atoms with Crippen LogP contribution in [0.1, 0.15) is 39.9 Å². The normalized spacial score (nSPS) is 17.0. The van der Waals surface area contributed by atoms with Gasteiger partial charge in [0.05, 0.1) is 15.9 Å². The quantitative estimate of drug-likeness (QED) is 0.180. The van der Waals surface area contributed by atoms with Crippen molar-refractivity contribution >= 4 is 40.0 Å². The van der Waals surface area contributed by atoms with Crippen LogP contribution in [0.15, 0.2) is 101 Å². The van der Waals surface area contributed by atoms with Gasteiger partial charge in [-0.25, -0.2) is 0 Å². The molecule has 6 rings (SSSR count). The molecule has 0 aliphatic carbocycles. The highest BCUT2D eigenvalue weighted by molar-refractivity contribution is 7.99. The Hall–Kier alpha value is -3.58. The molecule has 1 aliphatic heterocycles. The molecule has 0 bridgehead atoms. The number of hydrogen-bond acceptors (Lipinski definition) is 4. The first-order valence-corrected chi connectivity index (χ1v) is 13.3. The van der Waals surface area contributed by atoms with Gasteiger partial charge in [-0.3, -0.25) is 10.1 Å². The molecule has 4 aromatic carbocycles. The number of H-pyrrole nitrogens is 1. The van der Waals surface area contributed by atoms with Crippen molar-refractivity contribution in [1.82, 2.24) is 10.3 Å². The third-order valence-electron chi connectivity index (χ3n) is 6.98. The summed E-state index contributed by atoms with van der Waals surface area (Å²) in [4.78, 5) is 17.0. The van der Waals surface area contributed by atoms with Gasteiger partial charge in [-0.2, -0.15) is 0 Å². The monoisotopic (exact) mass is 525 g/mol. The van der Waals surface area contributed by atoms with Crippen LogP contribution >= 0.6 is 23.4 Å². The first-order valence-electron chi connectivity index (χ1n) is 12.1. The minimum absolute atomic E-state index is 0.0578. The zero-order valence-electron chi connectivity index (χ0n) is 20.1. The van der Waals surface area contributed by atoms with E-state index in [4.69, 9.17) is 11.6 Å². The second kappa shape index (κ2) is 9.71. The summed E-state index contributed by atoms with van der Waals surface area (Å²) in [6.45, 7) is 2.69. The van der Waals surface area contributed by atoms with Crippen LogP contribution in [-0.2, 0) is 0 Å². The van der Waals surface area contributed by atoms with Crippen LogP contribution in [-0.4, -0.2) is 16.5 Å². The largest absolute Gasteiger partial charge is 0.357 e. The van der Waals surface area contributed by atoms with E-state index in [-0.39, 0.29) is 22.6 Å². The van der Waals surface area contributed by atoms with Crippen molar-refractivity contribution in [2.75, 3.05) is 6.54 Å².